The largest absolute Gasteiger partial charge is 0.481 e. The van der Waals surface area contributed by atoms with Gasteiger partial charge in [0.1, 0.15) is 0 Å². The number of carbonyl (C=O) groups is 2. The molecule has 4 nitrogen and oxygen atoms in total. The van der Waals surface area contributed by atoms with E-state index in [4.69, 9.17) is 5.11 Å². The number of hydrogen-bond acceptors (Lipinski definition) is 2. The first-order valence-electron chi connectivity index (χ1n) is 5.22. The van der Waals surface area contributed by atoms with Gasteiger partial charge in [-0.2, -0.15) is 0 Å². The fourth-order valence-electron chi connectivity index (χ4n) is 3.03. The molecule has 14 heavy (non-hydrogen) atoms. The molecule has 2 saturated heterocycles. The van der Waals surface area contributed by atoms with Crippen molar-refractivity contribution in [3.8, 4) is 0 Å². The van der Waals surface area contributed by atoms with Gasteiger partial charge in [-0.05, 0) is 25.2 Å². The number of amides is 1. The van der Waals surface area contributed by atoms with Crippen molar-refractivity contribution < 1.29 is 14.7 Å². The topological polar surface area (TPSA) is 57.6 Å². The highest BCUT2D eigenvalue weighted by Crippen LogP contribution is 2.53. The molecule has 0 aromatic rings. The maximum absolute atomic E-state index is 11.7. The van der Waals surface area contributed by atoms with Crippen molar-refractivity contribution >= 4 is 11.9 Å². The number of fused-ring (bicyclic) bond motifs is 3. The van der Waals surface area contributed by atoms with Gasteiger partial charge in [0, 0.05) is 18.5 Å². The molecule has 0 bridgehead atoms. The number of aliphatic carboxylic acids is 1. The number of carboxylic acids is 1. The highest BCUT2D eigenvalue weighted by molar-refractivity contribution is 5.86. The van der Waals surface area contributed by atoms with E-state index in [9.17, 15) is 9.59 Å². The standard InChI is InChI=1S/C10H13NO3/c12-9-7-3-6(7)8-2-1-5(10(13)14)4-11(8)9/h5-8H,1-4H2,(H,13,14). The number of rotatable bonds is 1. The van der Waals surface area contributed by atoms with E-state index in [-0.39, 0.29) is 17.7 Å². The second-order valence-corrected chi connectivity index (χ2v) is 4.68. The Morgan fingerprint density at radius 2 is 2.21 bits per heavy atom. The van der Waals surface area contributed by atoms with Crippen LogP contribution in [0.15, 0.2) is 0 Å². The summed E-state index contributed by atoms with van der Waals surface area (Å²) in [7, 11) is 0. The second-order valence-electron chi connectivity index (χ2n) is 4.68. The van der Waals surface area contributed by atoms with E-state index in [2.05, 4.69) is 0 Å². The average Bonchev–Trinajstić information content (AvgIpc) is 2.90. The first-order chi connectivity index (χ1) is 6.68. The van der Waals surface area contributed by atoms with Crippen molar-refractivity contribution in [1.29, 1.82) is 0 Å². The molecule has 4 unspecified atom stereocenters. The van der Waals surface area contributed by atoms with Crippen LogP contribution >= 0.6 is 0 Å². The van der Waals surface area contributed by atoms with E-state index in [0.29, 0.717) is 18.5 Å². The predicted octanol–water partition coefficient (Wildman–Crippen LogP) is 0.328. The number of piperidine rings is 2. The highest BCUT2D eigenvalue weighted by Gasteiger charge is 2.59. The maximum atomic E-state index is 11.7. The molecule has 1 amide bonds. The average molecular weight is 195 g/mol. The summed E-state index contributed by atoms with van der Waals surface area (Å²) in [6.07, 6.45) is 2.69. The zero-order valence-corrected chi connectivity index (χ0v) is 7.85. The lowest BCUT2D eigenvalue weighted by Gasteiger charge is -2.35. The molecule has 3 rings (SSSR count). The normalized spacial score (nSPS) is 44.6. The molecule has 3 fully saturated rings. The van der Waals surface area contributed by atoms with Gasteiger partial charge in [-0.15, -0.1) is 0 Å². The summed E-state index contributed by atoms with van der Waals surface area (Å²) in [6.45, 7) is 0.450. The molecule has 0 radical (unpaired) electrons. The Morgan fingerprint density at radius 3 is 2.93 bits per heavy atom. The third kappa shape index (κ3) is 0.938. The molecule has 2 heterocycles. The van der Waals surface area contributed by atoms with Gasteiger partial charge in [0.2, 0.25) is 5.91 Å². The molecule has 3 aliphatic rings. The predicted molar refractivity (Wildman–Crippen MR) is 47.5 cm³/mol. The Bertz CT molecular complexity index is 314. The summed E-state index contributed by atoms with van der Waals surface area (Å²) in [6, 6.07) is 0.378. The van der Waals surface area contributed by atoms with Crippen LogP contribution < -0.4 is 0 Å². The molecule has 1 N–H and O–H groups in total. The van der Waals surface area contributed by atoms with Gasteiger partial charge in [-0.25, -0.2) is 0 Å². The van der Waals surface area contributed by atoms with Crippen LogP contribution in [0.4, 0.5) is 0 Å². The molecule has 0 aromatic carbocycles. The molecule has 4 heteroatoms. The van der Waals surface area contributed by atoms with Crippen LogP contribution in [0.25, 0.3) is 0 Å². The van der Waals surface area contributed by atoms with Crippen LogP contribution in [-0.2, 0) is 9.59 Å². The van der Waals surface area contributed by atoms with Crippen molar-refractivity contribution in [3.63, 3.8) is 0 Å². The van der Waals surface area contributed by atoms with E-state index < -0.39 is 5.97 Å². The minimum atomic E-state index is -0.753. The third-order valence-electron chi connectivity index (χ3n) is 3.91. The van der Waals surface area contributed by atoms with Gasteiger partial charge in [-0.1, -0.05) is 0 Å². The SMILES string of the molecule is O=C(O)C1CCC2C3CC3C(=O)N2C1. The lowest BCUT2D eigenvalue weighted by atomic mass is 9.92. The summed E-state index contributed by atoms with van der Waals surface area (Å²) >= 11 is 0. The molecular formula is C10H13NO3. The first kappa shape index (κ1) is 8.26. The van der Waals surface area contributed by atoms with Crippen LogP contribution in [-0.4, -0.2) is 34.5 Å². The summed E-state index contributed by atoms with van der Waals surface area (Å²) in [4.78, 5) is 24.3. The molecule has 76 valence electrons. The summed E-state index contributed by atoms with van der Waals surface area (Å²) in [5, 5.41) is 8.88. The Hall–Kier alpha value is -1.06. The van der Waals surface area contributed by atoms with Crippen LogP contribution in [0.2, 0.25) is 0 Å². The molecule has 4 atom stereocenters. The van der Waals surface area contributed by atoms with Crippen molar-refractivity contribution in [2.45, 2.75) is 25.3 Å². The fourth-order valence-corrected chi connectivity index (χ4v) is 3.03. The number of carbonyl (C=O) groups excluding carboxylic acids is 1. The van der Waals surface area contributed by atoms with Gasteiger partial charge >= 0.3 is 5.97 Å². The Morgan fingerprint density at radius 1 is 1.43 bits per heavy atom. The summed E-state index contributed by atoms with van der Waals surface area (Å²) in [5.41, 5.74) is 0. The quantitative estimate of drug-likeness (QED) is 0.656. The van der Waals surface area contributed by atoms with Crippen LogP contribution in [0.1, 0.15) is 19.3 Å². The van der Waals surface area contributed by atoms with Crippen LogP contribution in [0.5, 0.6) is 0 Å². The van der Waals surface area contributed by atoms with Crippen molar-refractivity contribution in [2.24, 2.45) is 17.8 Å². The number of hydrogen-bond donors (Lipinski definition) is 1. The fraction of sp³-hybridized carbons (Fsp3) is 0.800. The molecule has 2 aliphatic heterocycles. The number of carboxylic acid groups (broad SMARTS) is 1. The molecular weight excluding hydrogens is 182 g/mol. The summed E-state index contributed by atoms with van der Waals surface area (Å²) in [5.74, 6) is -0.0414. The van der Waals surface area contributed by atoms with Crippen molar-refractivity contribution in [3.05, 3.63) is 0 Å². The second kappa shape index (κ2) is 2.49. The lowest BCUT2D eigenvalue weighted by Crippen LogP contribution is -2.46. The molecule has 1 aliphatic carbocycles. The highest BCUT2D eigenvalue weighted by atomic mass is 16.4. The number of nitrogens with zero attached hydrogens (tertiary/aromatic N) is 1. The Balaban J connectivity index is 1.78. The van der Waals surface area contributed by atoms with Gasteiger partial charge < -0.3 is 10.0 Å². The van der Waals surface area contributed by atoms with E-state index >= 15 is 0 Å². The summed E-state index contributed by atoms with van der Waals surface area (Å²) < 4.78 is 0. The molecule has 1 saturated carbocycles. The van der Waals surface area contributed by atoms with Gasteiger partial charge in [0.05, 0.1) is 5.92 Å². The van der Waals surface area contributed by atoms with Crippen LogP contribution in [0, 0.1) is 17.8 Å². The zero-order valence-electron chi connectivity index (χ0n) is 7.85. The van der Waals surface area contributed by atoms with Crippen LogP contribution in [0.3, 0.4) is 0 Å². The smallest absolute Gasteiger partial charge is 0.308 e. The third-order valence-corrected chi connectivity index (χ3v) is 3.91. The maximum Gasteiger partial charge on any atom is 0.308 e. The molecule has 0 spiro atoms. The molecule has 0 aromatic heterocycles. The van der Waals surface area contributed by atoms with Gasteiger partial charge in [0.25, 0.3) is 0 Å². The van der Waals surface area contributed by atoms with E-state index in [1.165, 1.54) is 0 Å². The first-order valence-corrected chi connectivity index (χ1v) is 5.22. The lowest BCUT2D eigenvalue weighted by molar-refractivity contribution is -0.146. The van der Waals surface area contributed by atoms with Crippen molar-refractivity contribution in [1.82, 2.24) is 4.90 Å². The van der Waals surface area contributed by atoms with Gasteiger partial charge in [-0.3, -0.25) is 9.59 Å². The zero-order chi connectivity index (χ0) is 9.87. The van der Waals surface area contributed by atoms with E-state index in [0.717, 1.165) is 19.3 Å². The minimum absolute atomic E-state index is 0.214. The van der Waals surface area contributed by atoms with E-state index in [1.54, 1.807) is 0 Å². The minimum Gasteiger partial charge on any atom is -0.481 e. The van der Waals surface area contributed by atoms with Gasteiger partial charge in [0.15, 0.2) is 0 Å². The monoisotopic (exact) mass is 195 g/mol. The Labute approximate surface area is 81.9 Å². The van der Waals surface area contributed by atoms with Crippen molar-refractivity contribution in [2.75, 3.05) is 6.54 Å². The van der Waals surface area contributed by atoms with E-state index in [1.807, 2.05) is 4.90 Å². The Kier molecular flexibility index (Phi) is 1.47.